The fraction of sp³-hybridized carbons (Fsp3) is 0.278. The first kappa shape index (κ1) is 17.5. The number of hydrogen-bond donors (Lipinski definition) is 1. The first-order valence-electron chi connectivity index (χ1n) is 7.96. The zero-order valence-corrected chi connectivity index (χ0v) is 14.7. The van der Waals surface area contributed by atoms with E-state index < -0.39 is 17.4 Å². The summed E-state index contributed by atoms with van der Waals surface area (Å²) in [5.74, 6) is 0.119. The first-order valence-corrected chi connectivity index (χ1v) is 8.34. The zero-order valence-electron chi connectivity index (χ0n) is 13.9. The highest BCUT2D eigenvalue weighted by molar-refractivity contribution is 6.35. The van der Waals surface area contributed by atoms with Crippen molar-refractivity contribution in [3.05, 3.63) is 63.7 Å². The van der Waals surface area contributed by atoms with Gasteiger partial charge in [0.05, 0.1) is 40.0 Å². The number of nitrogens with two attached hydrogens (primary N) is 1. The molecule has 0 aliphatic rings. The molecule has 2 aromatic heterocycles. The molecule has 0 aliphatic heterocycles. The molecule has 0 saturated heterocycles. The maximum atomic E-state index is 13.7. The van der Waals surface area contributed by atoms with Crippen LogP contribution in [0.1, 0.15) is 32.1 Å². The number of halogens is 2. The molecule has 2 N–H and O–H groups in total. The SMILES string of the molecule is CC(C)C[C@H](N)c1nc2cccc(Cl)c2c(=O)n1-c1cncc(F)c1. The average molecular weight is 361 g/mol. The van der Waals surface area contributed by atoms with Crippen LogP contribution in [-0.2, 0) is 0 Å². The van der Waals surface area contributed by atoms with Gasteiger partial charge in [-0.15, -0.1) is 0 Å². The zero-order chi connectivity index (χ0) is 18.1. The molecule has 0 radical (unpaired) electrons. The third-order valence-corrected chi connectivity index (χ3v) is 4.19. The maximum absolute atomic E-state index is 13.7. The summed E-state index contributed by atoms with van der Waals surface area (Å²) < 4.78 is 15.0. The van der Waals surface area contributed by atoms with Crippen molar-refractivity contribution in [2.24, 2.45) is 11.7 Å². The van der Waals surface area contributed by atoms with Gasteiger partial charge in [0.15, 0.2) is 0 Å². The third-order valence-electron chi connectivity index (χ3n) is 3.88. The van der Waals surface area contributed by atoms with Gasteiger partial charge in [0.25, 0.3) is 5.56 Å². The van der Waals surface area contributed by atoms with Crippen LogP contribution in [0.15, 0.2) is 41.5 Å². The molecule has 0 saturated carbocycles. The summed E-state index contributed by atoms with van der Waals surface area (Å²) in [5.41, 5.74) is 6.65. The lowest BCUT2D eigenvalue weighted by atomic mass is 10.0. The molecule has 3 rings (SSSR count). The van der Waals surface area contributed by atoms with Crippen LogP contribution in [-0.4, -0.2) is 14.5 Å². The highest BCUT2D eigenvalue weighted by Gasteiger charge is 2.20. The molecular weight excluding hydrogens is 343 g/mol. The van der Waals surface area contributed by atoms with Crippen molar-refractivity contribution in [3.63, 3.8) is 0 Å². The van der Waals surface area contributed by atoms with Crippen molar-refractivity contribution in [1.82, 2.24) is 14.5 Å². The Morgan fingerprint density at radius 3 is 2.76 bits per heavy atom. The molecule has 5 nitrogen and oxygen atoms in total. The van der Waals surface area contributed by atoms with Gasteiger partial charge in [0, 0.05) is 6.07 Å². The average Bonchev–Trinajstić information content (AvgIpc) is 2.53. The maximum Gasteiger partial charge on any atom is 0.267 e. The number of benzene rings is 1. The third kappa shape index (κ3) is 3.41. The Labute approximate surface area is 149 Å². The number of hydrogen-bond acceptors (Lipinski definition) is 4. The molecule has 0 spiro atoms. The number of aromatic nitrogens is 3. The second-order valence-electron chi connectivity index (χ2n) is 6.34. The van der Waals surface area contributed by atoms with Gasteiger partial charge in [0.2, 0.25) is 0 Å². The largest absolute Gasteiger partial charge is 0.321 e. The summed E-state index contributed by atoms with van der Waals surface area (Å²) in [6.45, 7) is 4.06. The minimum absolute atomic E-state index is 0.272. The highest BCUT2D eigenvalue weighted by Crippen LogP contribution is 2.24. The van der Waals surface area contributed by atoms with Crippen molar-refractivity contribution in [2.45, 2.75) is 26.3 Å². The Hall–Kier alpha value is -2.31. The molecule has 7 heteroatoms. The van der Waals surface area contributed by atoms with Crippen molar-refractivity contribution in [2.75, 3.05) is 0 Å². The number of rotatable bonds is 4. The van der Waals surface area contributed by atoms with E-state index in [1.165, 1.54) is 16.8 Å². The van der Waals surface area contributed by atoms with Gasteiger partial charge >= 0.3 is 0 Å². The van der Waals surface area contributed by atoms with Crippen molar-refractivity contribution >= 4 is 22.5 Å². The molecule has 0 amide bonds. The molecule has 1 atom stereocenters. The van der Waals surface area contributed by atoms with E-state index in [4.69, 9.17) is 17.3 Å². The fourth-order valence-electron chi connectivity index (χ4n) is 2.84. The summed E-state index contributed by atoms with van der Waals surface area (Å²) in [7, 11) is 0. The first-order chi connectivity index (χ1) is 11.9. The summed E-state index contributed by atoms with van der Waals surface area (Å²) >= 11 is 6.19. The lowest BCUT2D eigenvalue weighted by Crippen LogP contribution is -2.29. The molecule has 3 aromatic rings. The predicted octanol–water partition coefficient (Wildman–Crippen LogP) is 3.62. The number of fused-ring (bicyclic) bond motifs is 1. The Morgan fingerprint density at radius 1 is 1.32 bits per heavy atom. The van der Waals surface area contributed by atoms with Gasteiger partial charge in [-0.05, 0) is 24.5 Å². The van der Waals surface area contributed by atoms with Crippen LogP contribution in [0.2, 0.25) is 5.02 Å². The summed E-state index contributed by atoms with van der Waals surface area (Å²) in [6.07, 6.45) is 3.10. The molecule has 0 fully saturated rings. The van der Waals surface area contributed by atoms with Gasteiger partial charge in [-0.2, -0.15) is 0 Å². The Bertz CT molecular complexity index is 986. The summed E-state index contributed by atoms with van der Waals surface area (Å²) in [4.78, 5) is 21.5. The molecule has 1 aromatic carbocycles. The standard InChI is InChI=1S/C18H18ClFN4O/c1-10(2)6-14(21)17-23-15-5-3-4-13(19)16(15)18(25)24(17)12-7-11(20)8-22-9-12/h3-5,7-10,14H,6,21H2,1-2H3/t14-/m0/s1. The minimum Gasteiger partial charge on any atom is -0.321 e. The van der Waals surface area contributed by atoms with Crippen LogP contribution in [0, 0.1) is 11.7 Å². The van der Waals surface area contributed by atoms with Crippen molar-refractivity contribution < 1.29 is 4.39 Å². The summed E-state index contributed by atoms with van der Waals surface area (Å²) in [5, 5.41) is 0.561. The van der Waals surface area contributed by atoms with E-state index in [0.717, 1.165) is 6.20 Å². The second-order valence-corrected chi connectivity index (χ2v) is 6.75. The van der Waals surface area contributed by atoms with E-state index in [1.807, 2.05) is 13.8 Å². The van der Waals surface area contributed by atoms with Gasteiger partial charge in [-0.3, -0.25) is 14.3 Å². The van der Waals surface area contributed by atoms with Crippen LogP contribution in [0.25, 0.3) is 16.6 Å². The summed E-state index contributed by atoms with van der Waals surface area (Å²) in [6, 6.07) is 5.80. The minimum atomic E-state index is -0.549. The van der Waals surface area contributed by atoms with Crippen LogP contribution in [0.3, 0.4) is 0 Å². The lowest BCUT2D eigenvalue weighted by molar-refractivity contribution is 0.485. The quantitative estimate of drug-likeness (QED) is 0.771. The van der Waals surface area contributed by atoms with Crippen LogP contribution in [0.4, 0.5) is 4.39 Å². The topological polar surface area (TPSA) is 73.8 Å². The molecule has 0 aliphatic carbocycles. The van der Waals surface area contributed by atoms with Gasteiger partial charge in [-0.1, -0.05) is 31.5 Å². The lowest BCUT2D eigenvalue weighted by Gasteiger charge is -2.20. The van der Waals surface area contributed by atoms with Gasteiger partial charge in [0.1, 0.15) is 11.6 Å². The van der Waals surface area contributed by atoms with Crippen LogP contribution in [0.5, 0.6) is 0 Å². The van der Waals surface area contributed by atoms with E-state index >= 15 is 0 Å². The van der Waals surface area contributed by atoms with Gasteiger partial charge in [-0.25, -0.2) is 9.37 Å². The predicted molar refractivity (Wildman–Crippen MR) is 96.5 cm³/mol. The van der Waals surface area contributed by atoms with E-state index in [2.05, 4.69) is 9.97 Å². The van der Waals surface area contributed by atoms with Crippen molar-refractivity contribution in [3.8, 4) is 5.69 Å². The smallest absolute Gasteiger partial charge is 0.267 e. The van der Waals surface area contributed by atoms with Crippen LogP contribution >= 0.6 is 11.6 Å². The second kappa shape index (κ2) is 6.90. The molecule has 0 unspecified atom stereocenters. The number of nitrogens with zero attached hydrogens (tertiary/aromatic N) is 3. The number of pyridine rings is 1. The van der Waals surface area contributed by atoms with Crippen molar-refractivity contribution in [1.29, 1.82) is 0 Å². The Kier molecular flexibility index (Phi) is 4.83. The molecule has 130 valence electrons. The van der Waals surface area contributed by atoms with E-state index in [0.29, 0.717) is 23.7 Å². The normalized spacial score (nSPS) is 12.7. The highest BCUT2D eigenvalue weighted by atomic mass is 35.5. The monoisotopic (exact) mass is 360 g/mol. The molecule has 0 bridgehead atoms. The van der Waals surface area contributed by atoms with E-state index in [9.17, 15) is 9.18 Å². The fourth-order valence-corrected chi connectivity index (χ4v) is 3.09. The molecular formula is C18H18ClFN4O. The Morgan fingerprint density at radius 2 is 2.08 bits per heavy atom. The van der Waals surface area contributed by atoms with Gasteiger partial charge < -0.3 is 5.73 Å². The Balaban J connectivity index is 2.36. The molecule has 2 heterocycles. The molecule has 25 heavy (non-hydrogen) atoms. The van der Waals surface area contributed by atoms with Crippen LogP contribution < -0.4 is 11.3 Å². The van der Waals surface area contributed by atoms with E-state index in [-0.39, 0.29) is 16.1 Å². The van der Waals surface area contributed by atoms with E-state index in [1.54, 1.807) is 18.2 Å².